The fourth-order valence-electron chi connectivity index (χ4n) is 1.86. The van der Waals surface area contributed by atoms with E-state index in [0.29, 0.717) is 22.4 Å². The molecule has 102 valence electrons. The number of hydrogen-bond donors (Lipinski definition) is 1. The molecule has 2 heterocycles. The van der Waals surface area contributed by atoms with Crippen molar-refractivity contribution in [2.75, 3.05) is 4.72 Å². The van der Waals surface area contributed by atoms with Crippen LogP contribution in [0.2, 0.25) is 0 Å². The maximum absolute atomic E-state index is 12.1. The van der Waals surface area contributed by atoms with Crippen LogP contribution in [0.15, 0.2) is 53.3 Å². The van der Waals surface area contributed by atoms with Crippen LogP contribution in [0.3, 0.4) is 0 Å². The Balaban J connectivity index is 1.86. The van der Waals surface area contributed by atoms with Crippen molar-refractivity contribution >= 4 is 26.7 Å². The third-order valence-corrected chi connectivity index (χ3v) is 3.93. The summed E-state index contributed by atoms with van der Waals surface area (Å²) in [6, 6.07) is 10.3. The third kappa shape index (κ3) is 2.62. The van der Waals surface area contributed by atoms with Gasteiger partial charge in [0, 0.05) is 17.8 Å². The minimum absolute atomic E-state index is 0.244. The predicted octanol–water partition coefficient (Wildman–Crippen LogP) is 2.16. The van der Waals surface area contributed by atoms with Gasteiger partial charge in [-0.3, -0.25) is 9.71 Å². The number of nitrogens with one attached hydrogen (secondary N) is 1. The normalized spacial score (nSPS) is 11.6. The molecule has 0 spiro atoms. The van der Waals surface area contributed by atoms with Gasteiger partial charge in [-0.2, -0.15) is 0 Å². The molecule has 2 aromatic heterocycles. The van der Waals surface area contributed by atoms with Gasteiger partial charge < -0.3 is 4.52 Å². The molecule has 0 radical (unpaired) electrons. The van der Waals surface area contributed by atoms with Crippen molar-refractivity contribution in [3.05, 3.63) is 54.5 Å². The second-order valence-corrected chi connectivity index (χ2v) is 5.94. The standard InChI is InChI=1S/C13H11N3O3S/c17-20(18,16-10-5-7-14-8-6-10)9-12-11-3-1-2-4-13(11)19-15-12/h1-8H,9H2,(H,14,16). The number of aromatic nitrogens is 2. The molecule has 0 aliphatic carbocycles. The number of hydrogen-bond acceptors (Lipinski definition) is 5. The lowest BCUT2D eigenvalue weighted by molar-refractivity contribution is 0.448. The van der Waals surface area contributed by atoms with E-state index in [2.05, 4.69) is 14.9 Å². The number of benzene rings is 1. The van der Waals surface area contributed by atoms with Crippen molar-refractivity contribution in [2.24, 2.45) is 0 Å². The highest BCUT2D eigenvalue weighted by Gasteiger charge is 2.17. The van der Waals surface area contributed by atoms with Gasteiger partial charge in [0.2, 0.25) is 10.0 Å². The number of fused-ring (bicyclic) bond motifs is 1. The maximum atomic E-state index is 12.1. The van der Waals surface area contributed by atoms with E-state index in [0.717, 1.165) is 0 Å². The first-order valence-electron chi connectivity index (χ1n) is 5.88. The van der Waals surface area contributed by atoms with Crippen LogP contribution in [0.25, 0.3) is 11.0 Å². The molecule has 0 atom stereocenters. The molecular weight excluding hydrogens is 278 g/mol. The van der Waals surface area contributed by atoms with Gasteiger partial charge in [0.25, 0.3) is 0 Å². The van der Waals surface area contributed by atoms with Gasteiger partial charge in [-0.15, -0.1) is 0 Å². The van der Waals surface area contributed by atoms with E-state index in [9.17, 15) is 8.42 Å². The number of sulfonamides is 1. The molecule has 1 aromatic carbocycles. The molecule has 3 rings (SSSR count). The minimum Gasteiger partial charge on any atom is -0.356 e. The number of para-hydroxylation sites is 1. The summed E-state index contributed by atoms with van der Waals surface area (Å²) < 4.78 is 31.8. The Hall–Kier alpha value is -2.41. The maximum Gasteiger partial charge on any atom is 0.238 e. The Morgan fingerprint density at radius 2 is 1.85 bits per heavy atom. The molecule has 0 fully saturated rings. The summed E-state index contributed by atoms with van der Waals surface area (Å²) in [6.07, 6.45) is 3.03. The SMILES string of the molecule is O=S(=O)(Cc1noc2ccccc12)Nc1ccncc1. The molecule has 0 unspecified atom stereocenters. The molecule has 20 heavy (non-hydrogen) atoms. The highest BCUT2D eigenvalue weighted by atomic mass is 32.2. The average molecular weight is 289 g/mol. The lowest BCUT2D eigenvalue weighted by atomic mass is 10.2. The van der Waals surface area contributed by atoms with Crippen LogP contribution >= 0.6 is 0 Å². The van der Waals surface area contributed by atoms with Crippen LogP contribution in [0.5, 0.6) is 0 Å². The highest BCUT2D eigenvalue weighted by molar-refractivity contribution is 7.91. The first-order valence-corrected chi connectivity index (χ1v) is 7.53. The van der Waals surface area contributed by atoms with Gasteiger partial charge in [0.05, 0.1) is 5.69 Å². The molecule has 3 aromatic rings. The van der Waals surface area contributed by atoms with Crippen LogP contribution in [0.1, 0.15) is 5.69 Å². The van der Waals surface area contributed by atoms with Crippen molar-refractivity contribution < 1.29 is 12.9 Å². The Labute approximate surface area is 115 Å². The lowest BCUT2D eigenvalue weighted by Crippen LogP contribution is -2.15. The van der Waals surface area contributed by atoms with Gasteiger partial charge in [-0.1, -0.05) is 17.3 Å². The van der Waals surface area contributed by atoms with Crippen LogP contribution in [-0.4, -0.2) is 18.6 Å². The number of pyridine rings is 1. The molecular formula is C13H11N3O3S. The monoisotopic (exact) mass is 289 g/mol. The van der Waals surface area contributed by atoms with Gasteiger partial charge in [-0.05, 0) is 24.3 Å². The third-order valence-electron chi connectivity index (χ3n) is 2.73. The summed E-state index contributed by atoms with van der Waals surface area (Å²) in [5.41, 5.74) is 1.43. The zero-order valence-electron chi connectivity index (χ0n) is 10.4. The van der Waals surface area contributed by atoms with Gasteiger partial charge in [0.15, 0.2) is 5.58 Å². The summed E-state index contributed by atoms with van der Waals surface area (Å²) >= 11 is 0. The Kier molecular flexibility index (Phi) is 3.11. The van der Waals surface area contributed by atoms with Crippen molar-refractivity contribution in [1.82, 2.24) is 10.1 Å². The number of rotatable bonds is 4. The second-order valence-electron chi connectivity index (χ2n) is 4.22. The smallest absolute Gasteiger partial charge is 0.238 e. The molecule has 7 heteroatoms. The minimum atomic E-state index is -3.55. The van der Waals surface area contributed by atoms with E-state index < -0.39 is 10.0 Å². The van der Waals surface area contributed by atoms with E-state index >= 15 is 0 Å². The molecule has 0 aliphatic rings. The van der Waals surface area contributed by atoms with Crippen molar-refractivity contribution in [3.8, 4) is 0 Å². The first kappa shape index (κ1) is 12.6. The van der Waals surface area contributed by atoms with E-state index in [4.69, 9.17) is 4.52 Å². The number of nitrogens with zero attached hydrogens (tertiary/aromatic N) is 2. The second kappa shape index (κ2) is 4.93. The summed E-state index contributed by atoms with van der Waals surface area (Å²) in [6.45, 7) is 0. The van der Waals surface area contributed by atoms with Crippen molar-refractivity contribution in [2.45, 2.75) is 5.75 Å². The fraction of sp³-hybridized carbons (Fsp3) is 0.0769. The summed E-state index contributed by atoms with van der Waals surface area (Å²) in [5.74, 6) is -0.244. The quantitative estimate of drug-likeness (QED) is 0.795. The number of anilines is 1. The summed E-state index contributed by atoms with van der Waals surface area (Å²) in [7, 11) is -3.55. The predicted molar refractivity (Wildman–Crippen MR) is 74.5 cm³/mol. The van der Waals surface area contributed by atoms with Crippen LogP contribution in [0, 0.1) is 0 Å². The molecule has 0 bridgehead atoms. The molecule has 0 saturated carbocycles. The van der Waals surface area contributed by atoms with Gasteiger partial charge >= 0.3 is 0 Å². The zero-order chi connectivity index (χ0) is 14.0. The molecule has 1 N–H and O–H groups in total. The van der Waals surface area contributed by atoms with Gasteiger partial charge in [-0.25, -0.2) is 8.42 Å². The molecule has 0 aliphatic heterocycles. The Morgan fingerprint density at radius 1 is 1.10 bits per heavy atom. The zero-order valence-corrected chi connectivity index (χ0v) is 11.2. The first-order chi connectivity index (χ1) is 9.64. The Morgan fingerprint density at radius 3 is 2.65 bits per heavy atom. The van der Waals surface area contributed by atoms with E-state index in [1.54, 1.807) is 30.3 Å². The van der Waals surface area contributed by atoms with Crippen LogP contribution in [-0.2, 0) is 15.8 Å². The molecule has 0 saturated heterocycles. The van der Waals surface area contributed by atoms with Crippen molar-refractivity contribution in [1.29, 1.82) is 0 Å². The van der Waals surface area contributed by atoms with E-state index in [1.165, 1.54) is 12.4 Å². The van der Waals surface area contributed by atoms with E-state index in [1.807, 2.05) is 6.07 Å². The largest absolute Gasteiger partial charge is 0.356 e. The average Bonchev–Trinajstić information content (AvgIpc) is 2.82. The topological polar surface area (TPSA) is 85.1 Å². The van der Waals surface area contributed by atoms with Crippen LogP contribution < -0.4 is 4.72 Å². The molecule has 0 amide bonds. The van der Waals surface area contributed by atoms with Crippen LogP contribution in [0.4, 0.5) is 5.69 Å². The molecule has 6 nitrogen and oxygen atoms in total. The van der Waals surface area contributed by atoms with Crippen molar-refractivity contribution in [3.63, 3.8) is 0 Å². The fourth-order valence-corrected chi connectivity index (χ4v) is 2.99. The summed E-state index contributed by atoms with van der Waals surface area (Å²) in [4.78, 5) is 3.83. The Bertz CT molecular complexity index is 828. The lowest BCUT2D eigenvalue weighted by Gasteiger charge is -2.05. The van der Waals surface area contributed by atoms with E-state index in [-0.39, 0.29) is 5.75 Å². The summed E-state index contributed by atoms with van der Waals surface area (Å²) in [5, 5.41) is 4.52. The highest BCUT2D eigenvalue weighted by Crippen LogP contribution is 2.20. The van der Waals surface area contributed by atoms with Gasteiger partial charge in [0.1, 0.15) is 11.4 Å².